The SMILES string of the molecule is O=C1N[C@H](Cl)/[N+]1=C/Cl. The molecule has 5 heteroatoms. The molecule has 0 spiro atoms. The summed E-state index contributed by atoms with van der Waals surface area (Å²) in [7, 11) is 0. The van der Waals surface area contributed by atoms with Crippen molar-refractivity contribution in [3.8, 4) is 0 Å². The molecule has 0 aromatic heterocycles. The van der Waals surface area contributed by atoms with E-state index in [1.54, 1.807) is 0 Å². The lowest BCUT2D eigenvalue weighted by Crippen LogP contribution is -2.57. The first-order valence-corrected chi connectivity index (χ1v) is 2.79. The van der Waals surface area contributed by atoms with E-state index in [0.717, 1.165) is 5.67 Å². The number of urea groups is 1. The second-order valence-electron chi connectivity index (χ2n) is 1.29. The first kappa shape index (κ1) is 5.85. The van der Waals surface area contributed by atoms with E-state index >= 15 is 0 Å². The zero-order valence-electron chi connectivity index (χ0n) is 3.77. The van der Waals surface area contributed by atoms with Gasteiger partial charge < -0.3 is 0 Å². The smallest absolute Gasteiger partial charge is 0.197 e. The van der Waals surface area contributed by atoms with Gasteiger partial charge in [-0.3, -0.25) is 0 Å². The highest BCUT2D eigenvalue weighted by Crippen LogP contribution is 2.04. The average Bonchev–Trinajstić information content (AvgIpc) is 1.67. The number of rotatable bonds is 0. The molecule has 0 bridgehead atoms. The van der Waals surface area contributed by atoms with Gasteiger partial charge in [0.2, 0.25) is 0 Å². The van der Waals surface area contributed by atoms with Crippen LogP contribution >= 0.6 is 23.2 Å². The molecule has 1 aliphatic rings. The molecule has 1 N–H and O–H groups in total. The molecule has 0 radical (unpaired) electrons. The number of nitrogens with zero attached hydrogens (tertiary/aromatic N) is 1. The van der Waals surface area contributed by atoms with Crippen molar-refractivity contribution in [3.05, 3.63) is 0 Å². The van der Waals surface area contributed by atoms with E-state index < -0.39 is 5.62 Å². The van der Waals surface area contributed by atoms with Crippen molar-refractivity contribution in [2.45, 2.75) is 5.62 Å². The first-order chi connectivity index (χ1) is 3.75. The van der Waals surface area contributed by atoms with Crippen LogP contribution in [0.15, 0.2) is 0 Å². The first-order valence-electron chi connectivity index (χ1n) is 1.92. The van der Waals surface area contributed by atoms with Crippen molar-refractivity contribution < 1.29 is 9.37 Å². The van der Waals surface area contributed by atoms with Crippen LogP contribution in [0.5, 0.6) is 0 Å². The number of carbonyl (C=O) groups excluding carboxylic acids is 1. The van der Waals surface area contributed by atoms with Gasteiger partial charge in [-0.1, -0.05) is 0 Å². The highest BCUT2D eigenvalue weighted by Gasteiger charge is 2.39. The highest BCUT2D eigenvalue weighted by atomic mass is 35.5. The molecule has 1 fully saturated rings. The van der Waals surface area contributed by atoms with Crippen LogP contribution in [0.1, 0.15) is 0 Å². The maximum absolute atomic E-state index is 10.3. The van der Waals surface area contributed by atoms with Gasteiger partial charge in [-0.25, -0.2) is 0 Å². The van der Waals surface area contributed by atoms with Gasteiger partial charge >= 0.3 is 11.7 Å². The molecule has 1 rings (SSSR count). The van der Waals surface area contributed by atoms with Crippen LogP contribution in [0.25, 0.3) is 0 Å². The standard InChI is InChI=1S/C3H2Cl2N2O/c4-1-7-2(5)6-3(7)8/h1-2H/p+1/b7-1-/t2-/m0/s1. The Kier molecular flexibility index (Phi) is 1.40. The van der Waals surface area contributed by atoms with Crippen molar-refractivity contribution in [2.24, 2.45) is 0 Å². The number of halogens is 2. The molecule has 8 heavy (non-hydrogen) atoms. The van der Waals surface area contributed by atoms with Crippen molar-refractivity contribution >= 4 is 34.9 Å². The quantitative estimate of drug-likeness (QED) is 0.307. The fourth-order valence-electron chi connectivity index (χ4n) is 0.377. The van der Waals surface area contributed by atoms with Crippen molar-refractivity contribution in [1.82, 2.24) is 5.32 Å². The maximum Gasteiger partial charge on any atom is 0.500 e. The van der Waals surface area contributed by atoms with Crippen LogP contribution in [0.4, 0.5) is 4.79 Å². The third-order valence-corrected chi connectivity index (χ3v) is 1.36. The van der Waals surface area contributed by atoms with Crippen molar-refractivity contribution in [3.63, 3.8) is 0 Å². The Morgan fingerprint density at radius 1 is 1.88 bits per heavy atom. The third kappa shape index (κ3) is 0.677. The minimum absolute atomic E-state index is 0.264. The van der Waals surface area contributed by atoms with Crippen molar-refractivity contribution in [2.75, 3.05) is 0 Å². The van der Waals surface area contributed by atoms with Crippen LogP contribution in [0.2, 0.25) is 0 Å². The van der Waals surface area contributed by atoms with Gasteiger partial charge in [-0.05, 0) is 23.2 Å². The maximum atomic E-state index is 10.3. The van der Waals surface area contributed by atoms with E-state index in [9.17, 15) is 4.79 Å². The number of hydrogen-bond donors (Lipinski definition) is 1. The molecule has 1 atom stereocenters. The summed E-state index contributed by atoms with van der Waals surface area (Å²) in [5.74, 6) is 0. The van der Waals surface area contributed by atoms with Crippen molar-refractivity contribution in [1.29, 1.82) is 0 Å². The van der Waals surface area contributed by atoms with Crippen LogP contribution in [0, 0.1) is 0 Å². The lowest BCUT2D eigenvalue weighted by atomic mass is 10.7. The summed E-state index contributed by atoms with van der Waals surface area (Å²) >= 11 is 10.5. The summed E-state index contributed by atoms with van der Waals surface area (Å²) in [4.78, 5) is 10.3. The van der Waals surface area contributed by atoms with E-state index in [2.05, 4.69) is 5.32 Å². The Bertz CT molecular complexity index is 155. The number of hydrogen-bond acceptors (Lipinski definition) is 1. The molecule has 1 aliphatic heterocycles. The molecule has 1 saturated heterocycles. The molecule has 0 unspecified atom stereocenters. The normalized spacial score (nSPS) is 32.0. The Labute approximate surface area is 55.9 Å². The van der Waals surface area contributed by atoms with Gasteiger partial charge in [0.15, 0.2) is 5.67 Å². The Morgan fingerprint density at radius 3 is 2.62 bits per heavy atom. The van der Waals surface area contributed by atoms with Gasteiger partial charge in [0.25, 0.3) is 0 Å². The molecule has 2 amide bonds. The molecular formula is C3H3Cl2N2O+. The van der Waals surface area contributed by atoms with E-state index in [1.807, 2.05) is 0 Å². The number of alkyl halides is 1. The largest absolute Gasteiger partial charge is 0.500 e. The van der Waals surface area contributed by atoms with E-state index in [0.29, 0.717) is 0 Å². The van der Waals surface area contributed by atoms with Gasteiger partial charge in [0.1, 0.15) is 0 Å². The molecule has 0 aromatic carbocycles. The second-order valence-corrected chi connectivity index (χ2v) is 1.90. The van der Waals surface area contributed by atoms with Gasteiger partial charge in [-0.15, -0.1) is 4.58 Å². The molecule has 44 valence electrons. The third-order valence-electron chi connectivity index (χ3n) is 0.826. The summed E-state index contributed by atoms with van der Waals surface area (Å²) < 4.78 is 1.17. The Morgan fingerprint density at radius 2 is 2.50 bits per heavy atom. The highest BCUT2D eigenvalue weighted by molar-refractivity contribution is 6.55. The predicted molar refractivity (Wildman–Crippen MR) is 30.4 cm³/mol. The summed E-state index contributed by atoms with van der Waals surface area (Å²) in [6, 6.07) is -0.264. The summed E-state index contributed by atoms with van der Waals surface area (Å²) in [6.45, 7) is 0. The fourth-order valence-corrected chi connectivity index (χ4v) is 0.874. The number of carbonyl (C=O) groups is 1. The van der Waals surface area contributed by atoms with E-state index in [1.165, 1.54) is 4.58 Å². The molecule has 3 nitrogen and oxygen atoms in total. The molecule has 0 aromatic rings. The number of nitrogens with one attached hydrogen (secondary N) is 1. The van der Waals surface area contributed by atoms with Crippen LogP contribution < -0.4 is 5.32 Å². The second kappa shape index (κ2) is 1.91. The lowest BCUT2D eigenvalue weighted by Gasteiger charge is -2.14. The molecular weight excluding hydrogens is 151 g/mol. The zero-order chi connectivity index (χ0) is 6.15. The topological polar surface area (TPSA) is 32.1 Å². The van der Waals surface area contributed by atoms with Crippen LogP contribution in [0.3, 0.4) is 0 Å². The summed E-state index contributed by atoms with van der Waals surface area (Å²) in [6.07, 6.45) is 0. The Hall–Kier alpha value is -0.280. The lowest BCUT2D eigenvalue weighted by molar-refractivity contribution is -0.492. The summed E-state index contributed by atoms with van der Waals surface area (Å²) in [5, 5.41) is 2.34. The fraction of sp³-hybridized carbons (Fsp3) is 0.333. The minimum Gasteiger partial charge on any atom is -0.197 e. The molecule has 1 heterocycles. The van der Waals surface area contributed by atoms with Gasteiger partial charge in [-0.2, -0.15) is 10.1 Å². The van der Waals surface area contributed by atoms with E-state index in [4.69, 9.17) is 23.2 Å². The van der Waals surface area contributed by atoms with E-state index in [-0.39, 0.29) is 6.03 Å². The Balaban J connectivity index is 2.66. The molecule has 0 saturated carbocycles. The minimum atomic E-state index is -0.458. The number of amides is 2. The summed E-state index contributed by atoms with van der Waals surface area (Å²) in [5.41, 5.74) is 0.649. The molecule has 0 aliphatic carbocycles. The zero-order valence-corrected chi connectivity index (χ0v) is 5.28. The predicted octanol–water partition coefficient (Wildman–Crippen LogP) is 0.512. The van der Waals surface area contributed by atoms with Gasteiger partial charge in [0, 0.05) is 0 Å². The van der Waals surface area contributed by atoms with Crippen LogP contribution in [-0.4, -0.2) is 21.9 Å². The average molecular weight is 154 g/mol. The monoisotopic (exact) mass is 153 g/mol. The van der Waals surface area contributed by atoms with Crippen LogP contribution in [-0.2, 0) is 0 Å². The van der Waals surface area contributed by atoms with Gasteiger partial charge in [0.05, 0.1) is 0 Å².